The highest BCUT2D eigenvalue weighted by Crippen LogP contribution is 2.45. The van der Waals surface area contributed by atoms with Gasteiger partial charge in [0.1, 0.15) is 17.3 Å². The Morgan fingerprint density at radius 1 is 1.17 bits per heavy atom. The van der Waals surface area contributed by atoms with E-state index >= 15 is 0 Å². The van der Waals surface area contributed by atoms with E-state index in [1.807, 2.05) is 0 Å². The number of anilines is 2. The molecule has 3 aromatic rings. The van der Waals surface area contributed by atoms with Crippen LogP contribution in [0, 0.1) is 0 Å². The van der Waals surface area contributed by atoms with E-state index in [4.69, 9.17) is 23.2 Å². The molecule has 0 spiro atoms. The quantitative estimate of drug-likeness (QED) is 0.327. The highest BCUT2D eigenvalue weighted by Gasteiger charge is 2.53. The first kappa shape index (κ1) is 34.8. The van der Waals surface area contributed by atoms with Crippen LogP contribution in [-0.2, 0) is 31.6 Å². The normalized spacial score (nSPS) is 19.8. The fourth-order valence-electron chi connectivity index (χ4n) is 5.21. The van der Waals surface area contributed by atoms with Gasteiger partial charge < -0.3 is 20.9 Å². The molecule has 3 amide bonds. The molecule has 0 aliphatic carbocycles. The third-order valence-corrected chi connectivity index (χ3v) is 9.49. The molecule has 2 aliphatic heterocycles. The van der Waals surface area contributed by atoms with Gasteiger partial charge in [0, 0.05) is 30.1 Å². The number of amides is 3. The van der Waals surface area contributed by atoms with Crippen molar-refractivity contribution in [3.8, 4) is 5.75 Å². The molecule has 2 atom stereocenters. The summed E-state index contributed by atoms with van der Waals surface area (Å²) in [6, 6.07) is 7.34. The Labute approximate surface area is 270 Å². The van der Waals surface area contributed by atoms with Crippen LogP contribution < -0.4 is 20.7 Å². The monoisotopic (exact) mass is 706 g/mol. The number of alkyl halides is 3. The van der Waals surface area contributed by atoms with Crippen LogP contribution in [-0.4, -0.2) is 71.3 Å². The lowest BCUT2D eigenvalue weighted by Crippen LogP contribution is -2.45. The number of aromatic nitrogens is 2. The molecular weight excluding hydrogens is 680 g/mol. The van der Waals surface area contributed by atoms with Gasteiger partial charge in [-0.05, 0) is 55.7 Å². The van der Waals surface area contributed by atoms with Crippen molar-refractivity contribution in [2.24, 2.45) is 5.73 Å². The fraction of sp³-hybridized carbons (Fsp3) is 0.333. The average molecular weight is 708 g/mol. The summed E-state index contributed by atoms with van der Waals surface area (Å²) < 4.78 is 71.6. The number of nitrogens with one attached hydrogen (secondary N) is 1. The number of ether oxygens (including phenoxy) is 1. The summed E-state index contributed by atoms with van der Waals surface area (Å²) in [6.45, 7) is 1.42. The third-order valence-electron chi connectivity index (χ3n) is 7.19. The number of fused-ring (bicyclic) bond motifs is 1. The van der Waals surface area contributed by atoms with Gasteiger partial charge in [0.15, 0.2) is 5.03 Å². The van der Waals surface area contributed by atoms with Crippen molar-refractivity contribution in [1.82, 2.24) is 19.2 Å². The van der Waals surface area contributed by atoms with E-state index in [2.05, 4.69) is 20.8 Å². The molecule has 5 rings (SSSR count). The molecule has 4 N–H and O–H groups in total. The van der Waals surface area contributed by atoms with Crippen LogP contribution in [0.1, 0.15) is 25.3 Å². The van der Waals surface area contributed by atoms with Crippen LogP contribution in [0.25, 0.3) is 0 Å². The number of rotatable bonds is 7. The number of hydrogen-bond donors (Lipinski definition) is 3. The number of hydrogen-bond acceptors (Lipinski definition) is 7. The minimum absolute atomic E-state index is 0.0429. The number of halogens is 5. The summed E-state index contributed by atoms with van der Waals surface area (Å²) in [7, 11) is -3.00. The molecule has 1 aromatic heterocycles. The van der Waals surface area contributed by atoms with E-state index in [0.29, 0.717) is 12.0 Å². The number of carbonyl (C=O) groups is 3. The van der Waals surface area contributed by atoms with Gasteiger partial charge in [-0.1, -0.05) is 35.3 Å². The van der Waals surface area contributed by atoms with Gasteiger partial charge >= 0.3 is 18.4 Å². The van der Waals surface area contributed by atoms with Gasteiger partial charge in [-0.3, -0.25) is 14.2 Å². The predicted octanol–water partition coefficient (Wildman–Crippen LogP) is 4.25. The lowest BCUT2D eigenvalue weighted by Gasteiger charge is -2.28. The Morgan fingerprint density at radius 2 is 1.76 bits per heavy atom. The largest absolute Gasteiger partial charge is 0.573 e. The van der Waals surface area contributed by atoms with Crippen LogP contribution in [0.4, 0.5) is 29.6 Å². The molecule has 0 bridgehead atoms. The molecule has 13 nitrogen and oxygen atoms in total. The van der Waals surface area contributed by atoms with Crippen LogP contribution in [0.3, 0.4) is 0 Å². The lowest BCUT2D eigenvalue weighted by molar-refractivity contribution is -0.274. The van der Waals surface area contributed by atoms with Crippen molar-refractivity contribution in [1.29, 1.82) is 0 Å². The number of urea groups is 1. The number of carboxylic acids is 1. The van der Waals surface area contributed by atoms with E-state index < -0.39 is 56.6 Å². The summed E-state index contributed by atoms with van der Waals surface area (Å²) in [5, 5.41) is 11.8. The molecule has 0 unspecified atom stereocenters. The lowest BCUT2D eigenvalue weighted by atomic mass is 9.92. The number of sulfonamides is 1. The number of benzene rings is 2. The smallest absolute Gasteiger partial charge is 0.480 e. The van der Waals surface area contributed by atoms with Gasteiger partial charge in [-0.2, -0.15) is 4.31 Å². The van der Waals surface area contributed by atoms with Crippen molar-refractivity contribution in [2.45, 2.75) is 49.2 Å². The second-order valence-electron chi connectivity index (χ2n) is 10.4. The number of nitrogens with zero attached hydrogens (tertiary/aromatic N) is 4. The number of primary amides is 1. The molecule has 2 aliphatic rings. The Hall–Kier alpha value is -4.06. The topological polar surface area (TPSA) is 177 Å². The van der Waals surface area contributed by atoms with Gasteiger partial charge in [0.05, 0.1) is 11.9 Å². The van der Waals surface area contributed by atoms with Gasteiger partial charge in [0.2, 0.25) is 5.95 Å². The minimum atomic E-state index is -4.90. The maximum atomic E-state index is 14.1. The van der Waals surface area contributed by atoms with E-state index in [0.717, 1.165) is 27.5 Å². The van der Waals surface area contributed by atoms with Crippen LogP contribution in [0.15, 0.2) is 53.7 Å². The Balaban J connectivity index is 0.000000892. The van der Waals surface area contributed by atoms with E-state index in [1.54, 1.807) is 0 Å². The molecule has 2 aromatic carbocycles. The van der Waals surface area contributed by atoms with Crippen molar-refractivity contribution in [2.75, 3.05) is 18.5 Å². The SMILES string of the molecule is CNC(N)=O.C[C@@]1(Cc2ccc(OC(F)(F)F)cc2)C(=O)N(c2cc(Cl)cc(Cl)c2)c2ncc(S(=O)(=O)N3CCC[C@H]3C(=O)O)n21. The second kappa shape index (κ2) is 13.0. The maximum absolute atomic E-state index is 14.1. The molecule has 0 saturated carbocycles. The maximum Gasteiger partial charge on any atom is 0.573 e. The summed E-state index contributed by atoms with van der Waals surface area (Å²) in [4.78, 5) is 40.8. The standard InChI is InChI=1S/C25H21Cl2F3N4O6S.C2H6N2O/c1-24(12-14-4-6-18(7-5-14)40-25(28,29)30)22(37)33(17-10-15(26)9-16(27)11-17)23-31-13-20(34(23)24)41(38,39)32-8-2-3-19(32)21(35)36;1-4-2(3)5/h4-7,9-11,13,19H,2-3,8,12H2,1H3,(H,35,36);1H3,(H3,3,4,5)/t19-,24+;/m0./s1. The molecular formula is C27H27Cl2F3N6O7S. The van der Waals surface area contributed by atoms with Gasteiger partial charge in [0.25, 0.3) is 15.9 Å². The highest BCUT2D eigenvalue weighted by atomic mass is 35.5. The van der Waals surface area contributed by atoms with Crippen LogP contribution in [0.2, 0.25) is 10.0 Å². The second-order valence-corrected chi connectivity index (χ2v) is 13.1. The van der Waals surface area contributed by atoms with Crippen molar-refractivity contribution < 1.29 is 45.8 Å². The Kier molecular flexibility index (Phi) is 9.82. The number of imidazole rings is 1. The van der Waals surface area contributed by atoms with E-state index in [1.165, 1.54) is 48.9 Å². The third kappa shape index (κ3) is 7.01. The highest BCUT2D eigenvalue weighted by molar-refractivity contribution is 7.89. The zero-order valence-corrected chi connectivity index (χ0v) is 26.4. The van der Waals surface area contributed by atoms with Crippen LogP contribution >= 0.6 is 23.2 Å². The van der Waals surface area contributed by atoms with Crippen molar-refractivity contribution in [3.63, 3.8) is 0 Å². The Morgan fingerprint density at radius 3 is 2.28 bits per heavy atom. The minimum Gasteiger partial charge on any atom is -0.480 e. The number of nitrogens with two attached hydrogens (primary N) is 1. The predicted molar refractivity (Wildman–Crippen MR) is 160 cm³/mol. The summed E-state index contributed by atoms with van der Waals surface area (Å²) >= 11 is 12.3. The first-order valence-electron chi connectivity index (χ1n) is 13.3. The first-order valence-corrected chi connectivity index (χ1v) is 15.5. The fourth-order valence-corrected chi connectivity index (χ4v) is 7.57. The molecule has 0 radical (unpaired) electrons. The first-order chi connectivity index (χ1) is 21.4. The number of aliphatic carboxylic acids is 1. The average Bonchev–Trinajstić information content (AvgIpc) is 3.66. The zero-order chi connectivity index (χ0) is 34.2. The molecule has 3 heterocycles. The van der Waals surface area contributed by atoms with Crippen LogP contribution in [0.5, 0.6) is 5.75 Å². The molecule has 248 valence electrons. The molecule has 46 heavy (non-hydrogen) atoms. The van der Waals surface area contributed by atoms with Crippen molar-refractivity contribution in [3.05, 3.63) is 64.3 Å². The van der Waals surface area contributed by atoms with Gasteiger partial charge in [-0.25, -0.2) is 23.1 Å². The molecule has 19 heteroatoms. The summed E-state index contributed by atoms with van der Waals surface area (Å²) in [5.41, 5.74) is 3.45. The Bertz CT molecular complexity index is 1750. The van der Waals surface area contributed by atoms with E-state index in [-0.39, 0.29) is 41.1 Å². The van der Waals surface area contributed by atoms with E-state index in [9.17, 15) is 41.1 Å². The summed E-state index contributed by atoms with van der Waals surface area (Å²) in [5.74, 6) is -2.48. The van der Waals surface area contributed by atoms with Crippen molar-refractivity contribution >= 4 is 62.8 Å². The number of carbonyl (C=O) groups excluding carboxylic acids is 2. The zero-order valence-electron chi connectivity index (χ0n) is 24.1. The number of carboxylic acid groups (broad SMARTS) is 1. The summed E-state index contributed by atoms with van der Waals surface area (Å²) in [6.07, 6.45) is -3.58. The molecule has 1 fully saturated rings. The molecule has 1 saturated heterocycles. The van der Waals surface area contributed by atoms with Gasteiger partial charge in [-0.15, -0.1) is 13.2 Å².